The molecular formula is C15H14FNO. The highest BCUT2D eigenvalue weighted by Crippen LogP contribution is 2.34. The molecule has 0 aliphatic carbocycles. The van der Waals surface area contributed by atoms with E-state index in [0.29, 0.717) is 0 Å². The number of nitrogens with one attached hydrogen (secondary N) is 1. The van der Waals surface area contributed by atoms with Gasteiger partial charge in [0.05, 0.1) is 7.11 Å². The van der Waals surface area contributed by atoms with E-state index in [0.717, 1.165) is 29.8 Å². The van der Waals surface area contributed by atoms with E-state index in [1.54, 1.807) is 6.07 Å². The molecule has 18 heavy (non-hydrogen) atoms. The number of halogens is 1. The summed E-state index contributed by atoms with van der Waals surface area (Å²) in [7, 11) is 1.47. The Bertz CT molecular complexity index is 595. The number of benzene rings is 2. The number of rotatable bonds is 2. The van der Waals surface area contributed by atoms with Crippen molar-refractivity contribution >= 4 is 5.69 Å². The van der Waals surface area contributed by atoms with Crippen LogP contribution < -0.4 is 10.1 Å². The van der Waals surface area contributed by atoms with Crippen LogP contribution in [0.15, 0.2) is 36.4 Å². The second-order valence-electron chi connectivity index (χ2n) is 4.36. The number of hydrogen-bond donors (Lipinski definition) is 1. The number of ether oxygens (including phenoxy) is 1. The van der Waals surface area contributed by atoms with Crippen LogP contribution >= 0.6 is 0 Å². The maximum absolute atomic E-state index is 13.7. The number of hydrogen-bond acceptors (Lipinski definition) is 2. The molecule has 0 unspecified atom stereocenters. The Hall–Kier alpha value is -2.03. The summed E-state index contributed by atoms with van der Waals surface area (Å²) >= 11 is 0. The normalized spacial score (nSPS) is 13.0. The van der Waals surface area contributed by atoms with E-state index >= 15 is 0 Å². The number of methoxy groups -OCH3 is 1. The molecule has 0 fully saturated rings. The number of fused-ring (bicyclic) bond motifs is 1. The molecule has 92 valence electrons. The molecule has 2 nitrogen and oxygen atoms in total. The van der Waals surface area contributed by atoms with Crippen molar-refractivity contribution in [2.45, 2.75) is 6.42 Å². The lowest BCUT2D eigenvalue weighted by molar-refractivity contribution is 0.386. The SMILES string of the molecule is COc1ccc(-c2cccc3c2CCN3)cc1F. The first-order chi connectivity index (χ1) is 8.79. The predicted octanol–water partition coefficient (Wildman–Crippen LogP) is 3.47. The van der Waals surface area contributed by atoms with Crippen LogP contribution in [0.5, 0.6) is 5.75 Å². The topological polar surface area (TPSA) is 21.3 Å². The van der Waals surface area contributed by atoms with E-state index in [4.69, 9.17) is 4.74 Å². The number of anilines is 1. The molecule has 0 atom stereocenters. The molecule has 2 aromatic rings. The van der Waals surface area contributed by atoms with Crippen molar-refractivity contribution in [3.05, 3.63) is 47.8 Å². The summed E-state index contributed by atoms with van der Waals surface area (Å²) in [6.45, 7) is 0.949. The fraction of sp³-hybridized carbons (Fsp3) is 0.200. The van der Waals surface area contributed by atoms with Crippen LogP contribution in [-0.2, 0) is 6.42 Å². The average molecular weight is 243 g/mol. The summed E-state index contributed by atoms with van der Waals surface area (Å²) in [5.74, 6) is -0.0389. The van der Waals surface area contributed by atoms with Crippen LogP contribution in [0.25, 0.3) is 11.1 Å². The minimum atomic E-state index is -0.321. The maximum Gasteiger partial charge on any atom is 0.165 e. The van der Waals surface area contributed by atoms with E-state index < -0.39 is 0 Å². The summed E-state index contributed by atoms with van der Waals surface area (Å²) < 4.78 is 18.7. The van der Waals surface area contributed by atoms with Gasteiger partial charge in [-0.15, -0.1) is 0 Å². The van der Waals surface area contributed by atoms with Gasteiger partial charge in [0.25, 0.3) is 0 Å². The highest BCUT2D eigenvalue weighted by Gasteiger charge is 2.15. The average Bonchev–Trinajstić information content (AvgIpc) is 2.86. The van der Waals surface area contributed by atoms with Gasteiger partial charge < -0.3 is 10.1 Å². The van der Waals surface area contributed by atoms with Gasteiger partial charge in [-0.25, -0.2) is 4.39 Å². The van der Waals surface area contributed by atoms with Crippen molar-refractivity contribution in [3.63, 3.8) is 0 Å². The Morgan fingerprint density at radius 1 is 1.22 bits per heavy atom. The van der Waals surface area contributed by atoms with E-state index in [-0.39, 0.29) is 11.6 Å². The summed E-state index contributed by atoms with van der Waals surface area (Å²) in [6, 6.07) is 11.2. The Morgan fingerprint density at radius 2 is 2.11 bits per heavy atom. The van der Waals surface area contributed by atoms with Gasteiger partial charge in [-0.1, -0.05) is 18.2 Å². The van der Waals surface area contributed by atoms with Crippen LogP contribution in [0.3, 0.4) is 0 Å². The van der Waals surface area contributed by atoms with Gasteiger partial charge in [-0.3, -0.25) is 0 Å². The van der Waals surface area contributed by atoms with Gasteiger partial charge >= 0.3 is 0 Å². The van der Waals surface area contributed by atoms with Crippen LogP contribution in [0.2, 0.25) is 0 Å². The summed E-state index contributed by atoms with van der Waals surface area (Å²) in [5, 5.41) is 3.33. The summed E-state index contributed by atoms with van der Waals surface area (Å²) in [6.07, 6.45) is 0.985. The lowest BCUT2D eigenvalue weighted by Crippen LogP contribution is -1.91. The third-order valence-corrected chi connectivity index (χ3v) is 3.33. The lowest BCUT2D eigenvalue weighted by atomic mass is 9.98. The molecule has 0 saturated heterocycles. The predicted molar refractivity (Wildman–Crippen MR) is 70.6 cm³/mol. The van der Waals surface area contributed by atoms with Crippen LogP contribution in [0, 0.1) is 5.82 Å². The Balaban J connectivity index is 2.10. The molecule has 0 amide bonds. The van der Waals surface area contributed by atoms with Crippen LogP contribution in [0.1, 0.15) is 5.56 Å². The molecule has 1 heterocycles. The molecule has 3 heteroatoms. The quantitative estimate of drug-likeness (QED) is 0.872. The van der Waals surface area contributed by atoms with Crippen molar-refractivity contribution in [3.8, 4) is 16.9 Å². The maximum atomic E-state index is 13.7. The van der Waals surface area contributed by atoms with Crippen molar-refractivity contribution in [2.24, 2.45) is 0 Å². The fourth-order valence-electron chi connectivity index (χ4n) is 2.45. The van der Waals surface area contributed by atoms with Crippen molar-refractivity contribution in [1.29, 1.82) is 0 Å². The summed E-state index contributed by atoms with van der Waals surface area (Å²) in [5.41, 5.74) is 4.42. The van der Waals surface area contributed by atoms with E-state index in [1.165, 1.54) is 18.7 Å². The van der Waals surface area contributed by atoms with E-state index in [2.05, 4.69) is 11.4 Å². The molecule has 1 aliphatic heterocycles. The third kappa shape index (κ3) is 1.72. The second kappa shape index (κ2) is 4.33. The minimum Gasteiger partial charge on any atom is -0.494 e. The van der Waals surface area contributed by atoms with Gasteiger partial charge in [-0.2, -0.15) is 0 Å². The molecule has 0 saturated carbocycles. The van der Waals surface area contributed by atoms with Crippen molar-refractivity contribution in [1.82, 2.24) is 0 Å². The zero-order valence-corrected chi connectivity index (χ0v) is 10.2. The van der Waals surface area contributed by atoms with Gasteiger partial charge in [0.1, 0.15) is 0 Å². The van der Waals surface area contributed by atoms with Crippen molar-refractivity contribution in [2.75, 3.05) is 19.0 Å². The molecule has 0 radical (unpaired) electrons. The van der Waals surface area contributed by atoms with Crippen LogP contribution in [0.4, 0.5) is 10.1 Å². The molecule has 1 aliphatic rings. The van der Waals surface area contributed by atoms with E-state index in [1.807, 2.05) is 18.2 Å². The van der Waals surface area contributed by atoms with Gasteiger partial charge in [0.2, 0.25) is 0 Å². The molecule has 2 aromatic carbocycles. The zero-order chi connectivity index (χ0) is 12.5. The van der Waals surface area contributed by atoms with Gasteiger partial charge in [-0.05, 0) is 41.3 Å². The highest BCUT2D eigenvalue weighted by atomic mass is 19.1. The first kappa shape index (κ1) is 11.1. The largest absolute Gasteiger partial charge is 0.494 e. The summed E-state index contributed by atoms with van der Waals surface area (Å²) in [4.78, 5) is 0. The Labute approximate surface area is 105 Å². The molecule has 0 aromatic heterocycles. The smallest absolute Gasteiger partial charge is 0.165 e. The van der Waals surface area contributed by atoms with Crippen LogP contribution in [-0.4, -0.2) is 13.7 Å². The Kier molecular flexibility index (Phi) is 2.67. The highest BCUT2D eigenvalue weighted by molar-refractivity contribution is 5.76. The standard InChI is InChI=1S/C15H14FNO/c1-18-15-6-5-10(9-13(15)16)11-3-2-4-14-12(11)7-8-17-14/h2-6,9,17H,7-8H2,1H3. The van der Waals surface area contributed by atoms with Gasteiger partial charge in [0.15, 0.2) is 11.6 Å². The monoisotopic (exact) mass is 243 g/mol. The first-order valence-electron chi connectivity index (χ1n) is 5.99. The fourth-order valence-corrected chi connectivity index (χ4v) is 2.45. The lowest BCUT2D eigenvalue weighted by Gasteiger charge is -2.09. The molecular weight excluding hydrogens is 229 g/mol. The molecule has 0 bridgehead atoms. The zero-order valence-electron chi connectivity index (χ0n) is 10.2. The molecule has 1 N–H and O–H groups in total. The van der Waals surface area contributed by atoms with Gasteiger partial charge in [0, 0.05) is 12.2 Å². The molecule has 0 spiro atoms. The third-order valence-electron chi connectivity index (χ3n) is 3.33. The first-order valence-corrected chi connectivity index (χ1v) is 5.99. The minimum absolute atomic E-state index is 0.282. The van der Waals surface area contributed by atoms with Crippen molar-refractivity contribution < 1.29 is 9.13 Å². The second-order valence-corrected chi connectivity index (χ2v) is 4.36. The molecule has 3 rings (SSSR count). The van der Waals surface area contributed by atoms with E-state index in [9.17, 15) is 4.39 Å². The Morgan fingerprint density at radius 3 is 2.89 bits per heavy atom.